The summed E-state index contributed by atoms with van der Waals surface area (Å²) in [4.78, 5) is 2.45. The Morgan fingerprint density at radius 2 is 1.02 bits per heavy atom. The van der Waals surface area contributed by atoms with Crippen LogP contribution in [-0.4, -0.2) is 0 Å². The summed E-state index contributed by atoms with van der Waals surface area (Å²) in [6, 6.07) is 72.5. The van der Waals surface area contributed by atoms with Gasteiger partial charge in [-0.1, -0.05) is 146 Å². The van der Waals surface area contributed by atoms with Crippen LogP contribution in [0.2, 0.25) is 0 Å². The highest BCUT2D eigenvalue weighted by Gasteiger charge is 2.21. The van der Waals surface area contributed by atoms with Crippen molar-refractivity contribution in [2.75, 3.05) is 4.90 Å². The first-order valence-electron chi connectivity index (χ1n) is 18.7. The Labute approximate surface area is 322 Å². The number of para-hydroxylation sites is 1. The van der Waals surface area contributed by atoms with Gasteiger partial charge in [-0.3, -0.25) is 0 Å². The van der Waals surface area contributed by atoms with E-state index in [0.717, 1.165) is 55.7 Å². The summed E-state index contributed by atoms with van der Waals surface area (Å²) in [5.41, 5.74) is 12.1. The molecular weight excluding hydrogens is 687 g/mol. The summed E-state index contributed by atoms with van der Waals surface area (Å²) in [6.45, 7) is 0. The lowest BCUT2D eigenvalue weighted by Crippen LogP contribution is -2.11. The average molecular weight is 720 g/mol. The summed E-state index contributed by atoms with van der Waals surface area (Å²) >= 11 is 1.85. The number of nitrogens with zero attached hydrogens (tertiary/aromatic N) is 1. The first-order valence-corrected chi connectivity index (χ1v) is 19.5. The van der Waals surface area contributed by atoms with E-state index in [1.165, 1.54) is 47.6 Å². The lowest BCUT2D eigenvalue weighted by atomic mass is 9.94. The second kappa shape index (κ2) is 12.9. The lowest BCUT2D eigenvalue weighted by molar-refractivity contribution is 0.669. The monoisotopic (exact) mass is 719 g/mol. The quantitative estimate of drug-likeness (QED) is 0.170. The number of furan rings is 1. The van der Waals surface area contributed by atoms with Crippen molar-refractivity contribution >= 4 is 81.3 Å². The fourth-order valence-electron chi connectivity index (χ4n) is 8.23. The van der Waals surface area contributed by atoms with Gasteiger partial charge in [-0.2, -0.15) is 0 Å². The Morgan fingerprint density at radius 3 is 1.95 bits per heavy atom. The smallest absolute Gasteiger partial charge is 0.135 e. The molecule has 0 aliphatic heterocycles. The molecule has 0 amide bonds. The van der Waals surface area contributed by atoms with Gasteiger partial charge in [-0.25, -0.2) is 0 Å². The van der Waals surface area contributed by atoms with Crippen molar-refractivity contribution in [2.45, 2.75) is 0 Å². The minimum Gasteiger partial charge on any atom is -0.456 e. The second-order valence-electron chi connectivity index (χ2n) is 14.1. The minimum atomic E-state index is 0.900. The fraction of sp³-hybridized carbons (Fsp3) is 0. The predicted octanol–water partition coefficient (Wildman–Crippen LogP) is 15.6. The first-order chi connectivity index (χ1) is 27.2. The third-order valence-corrected chi connectivity index (χ3v) is 12.0. The van der Waals surface area contributed by atoms with Crippen molar-refractivity contribution in [1.82, 2.24) is 0 Å². The molecule has 0 saturated carbocycles. The molecule has 11 rings (SSSR count). The highest BCUT2D eigenvalue weighted by molar-refractivity contribution is 7.25. The Morgan fingerprint density at radius 1 is 0.345 bits per heavy atom. The Kier molecular flexibility index (Phi) is 7.39. The van der Waals surface area contributed by atoms with Crippen LogP contribution in [0.25, 0.3) is 86.3 Å². The standard InChI is InChI=1S/C52H33NOS/c1-2-12-35(13-3-1)43-27-24-38(42-21-11-15-34-14-4-5-18-41(34)42)32-48(43)53(40-26-28-46-45-20-7-9-23-51(45)55-52(46)33-40)39-17-10-16-36(30-39)37-25-29-50-47(31-37)44-19-6-8-22-49(44)54-50/h1-33H. The van der Waals surface area contributed by atoms with Crippen LogP contribution in [0.4, 0.5) is 17.1 Å². The van der Waals surface area contributed by atoms with Crippen LogP contribution in [0.3, 0.4) is 0 Å². The van der Waals surface area contributed by atoms with Gasteiger partial charge in [0.2, 0.25) is 0 Å². The molecule has 258 valence electrons. The van der Waals surface area contributed by atoms with Gasteiger partial charge in [0.1, 0.15) is 11.2 Å². The lowest BCUT2D eigenvalue weighted by Gasteiger charge is -2.29. The van der Waals surface area contributed by atoms with Gasteiger partial charge in [0.25, 0.3) is 0 Å². The fourth-order valence-corrected chi connectivity index (χ4v) is 9.37. The Hall–Kier alpha value is -6.94. The summed E-state index contributed by atoms with van der Waals surface area (Å²) in [5, 5.41) is 7.31. The molecule has 2 heterocycles. The Bertz CT molecular complexity index is 3220. The molecule has 0 fully saturated rings. The summed E-state index contributed by atoms with van der Waals surface area (Å²) in [6.07, 6.45) is 0. The van der Waals surface area contributed by atoms with Gasteiger partial charge in [0.15, 0.2) is 0 Å². The summed E-state index contributed by atoms with van der Waals surface area (Å²) in [7, 11) is 0. The van der Waals surface area contributed by atoms with E-state index in [-0.39, 0.29) is 0 Å². The number of hydrogen-bond acceptors (Lipinski definition) is 3. The highest BCUT2D eigenvalue weighted by Crippen LogP contribution is 2.46. The van der Waals surface area contributed by atoms with E-state index in [4.69, 9.17) is 4.42 Å². The molecular formula is C52H33NOS. The van der Waals surface area contributed by atoms with Crippen LogP contribution in [0.15, 0.2) is 205 Å². The van der Waals surface area contributed by atoms with E-state index in [0.29, 0.717) is 0 Å². The van der Waals surface area contributed by atoms with Crippen LogP contribution in [-0.2, 0) is 0 Å². The highest BCUT2D eigenvalue weighted by atomic mass is 32.1. The van der Waals surface area contributed by atoms with Gasteiger partial charge in [-0.05, 0) is 93.2 Å². The van der Waals surface area contributed by atoms with Gasteiger partial charge in [-0.15, -0.1) is 11.3 Å². The molecule has 3 heteroatoms. The van der Waals surface area contributed by atoms with E-state index in [1.807, 2.05) is 23.5 Å². The number of thiophene rings is 1. The number of anilines is 3. The molecule has 0 aliphatic rings. The first kappa shape index (κ1) is 31.6. The van der Waals surface area contributed by atoms with E-state index in [9.17, 15) is 0 Å². The zero-order valence-corrected chi connectivity index (χ0v) is 30.6. The maximum atomic E-state index is 6.20. The van der Waals surface area contributed by atoms with Crippen molar-refractivity contribution < 1.29 is 4.42 Å². The number of fused-ring (bicyclic) bond motifs is 7. The van der Waals surface area contributed by atoms with Crippen molar-refractivity contribution in [3.8, 4) is 33.4 Å². The van der Waals surface area contributed by atoms with E-state index in [1.54, 1.807) is 0 Å². The number of hydrogen-bond donors (Lipinski definition) is 0. The van der Waals surface area contributed by atoms with Gasteiger partial charge >= 0.3 is 0 Å². The molecule has 0 atom stereocenters. The largest absolute Gasteiger partial charge is 0.456 e. The molecule has 0 radical (unpaired) electrons. The van der Waals surface area contributed by atoms with E-state index < -0.39 is 0 Å². The third kappa shape index (κ3) is 5.40. The van der Waals surface area contributed by atoms with Gasteiger partial charge < -0.3 is 9.32 Å². The topological polar surface area (TPSA) is 16.4 Å². The molecule has 2 aromatic heterocycles. The van der Waals surface area contributed by atoms with E-state index in [2.05, 4.69) is 193 Å². The van der Waals surface area contributed by atoms with Gasteiger partial charge in [0.05, 0.1) is 5.69 Å². The van der Waals surface area contributed by atoms with Crippen LogP contribution in [0.5, 0.6) is 0 Å². The number of benzene rings is 9. The number of rotatable bonds is 6. The average Bonchev–Trinajstić information content (AvgIpc) is 3.82. The maximum absolute atomic E-state index is 6.20. The molecule has 0 unspecified atom stereocenters. The van der Waals surface area contributed by atoms with Crippen LogP contribution in [0, 0.1) is 0 Å². The molecule has 0 bridgehead atoms. The molecule has 0 aliphatic carbocycles. The second-order valence-corrected chi connectivity index (χ2v) is 15.2. The summed E-state index contributed by atoms with van der Waals surface area (Å²) < 4.78 is 8.77. The maximum Gasteiger partial charge on any atom is 0.135 e. The molecule has 9 aromatic carbocycles. The van der Waals surface area contributed by atoms with E-state index >= 15 is 0 Å². The SMILES string of the molecule is c1ccc(-c2ccc(-c3cccc4ccccc34)cc2N(c2cccc(-c3ccc4oc5ccccc5c4c3)c2)c2ccc3c(c2)sc2ccccc23)cc1. The van der Waals surface area contributed by atoms with Crippen LogP contribution < -0.4 is 4.90 Å². The predicted molar refractivity (Wildman–Crippen MR) is 235 cm³/mol. The molecule has 0 N–H and O–H groups in total. The molecule has 2 nitrogen and oxygen atoms in total. The van der Waals surface area contributed by atoms with Crippen LogP contribution >= 0.6 is 11.3 Å². The van der Waals surface area contributed by atoms with Crippen molar-refractivity contribution in [3.05, 3.63) is 200 Å². The molecule has 0 spiro atoms. The molecule has 55 heavy (non-hydrogen) atoms. The normalized spacial score (nSPS) is 11.6. The third-order valence-electron chi connectivity index (χ3n) is 10.9. The zero-order valence-electron chi connectivity index (χ0n) is 29.8. The summed E-state index contributed by atoms with van der Waals surface area (Å²) in [5.74, 6) is 0. The minimum absolute atomic E-state index is 0.900. The van der Waals surface area contributed by atoms with Crippen molar-refractivity contribution in [1.29, 1.82) is 0 Å². The Balaban J connectivity index is 1.16. The van der Waals surface area contributed by atoms with Gasteiger partial charge in [0, 0.05) is 47.9 Å². The molecule has 11 aromatic rings. The van der Waals surface area contributed by atoms with Crippen LogP contribution in [0.1, 0.15) is 0 Å². The van der Waals surface area contributed by atoms with Crippen molar-refractivity contribution in [2.24, 2.45) is 0 Å². The molecule has 0 saturated heterocycles. The zero-order chi connectivity index (χ0) is 36.3. The van der Waals surface area contributed by atoms with Crippen molar-refractivity contribution in [3.63, 3.8) is 0 Å².